The van der Waals surface area contributed by atoms with Gasteiger partial charge in [0.15, 0.2) is 0 Å². The first kappa shape index (κ1) is 24.4. The number of hydrogen-bond donors (Lipinski definition) is 1. The van der Waals surface area contributed by atoms with Gasteiger partial charge in [-0.3, -0.25) is 9.69 Å². The molecule has 1 aliphatic heterocycles. The van der Waals surface area contributed by atoms with E-state index in [0.717, 1.165) is 38.0 Å². The number of likely N-dealkylation sites (tertiary alicyclic amines) is 1. The molecule has 0 aliphatic carbocycles. The molecule has 6 heteroatoms. The zero-order chi connectivity index (χ0) is 18.5. The first-order valence-electron chi connectivity index (χ1n) is 9.39. The van der Waals surface area contributed by atoms with E-state index in [4.69, 9.17) is 5.73 Å². The van der Waals surface area contributed by atoms with Gasteiger partial charge >= 0.3 is 0 Å². The van der Waals surface area contributed by atoms with Crippen LogP contribution in [0.3, 0.4) is 0 Å². The van der Waals surface area contributed by atoms with Crippen LogP contribution in [0.4, 0.5) is 0 Å². The van der Waals surface area contributed by atoms with Crippen molar-refractivity contribution in [2.24, 2.45) is 5.73 Å². The van der Waals surface area contributed by atoms with Gasteiger partial charge < -0.3 is 10.6 Å². The molecule has 1 amide bonds. The van der Waals surface area contributed by atoms with E-state index in [9.17, 15) is 4.79 Å². The fraction of sp³-hybridized carbons (Fsp3) is 0.409. The number of carbonyl (C=O) groups excluding carboxylic acids is 1. The van der Waals surface area contributed by atoms with Crippen molar-refractivity contribution in [2.75, 3.05) is 20.1 Å². The fourth-order valence-electron chi connectivity index (χ4n) is 3.62. The van der Waals surface area contributed by atoms with Crippen molar-refractivity contribution in [3.8, 4) is 0 Å². The maximum absolute atomic E-state index is 12.8. The number of carbonyl (C=O) groups is 1. The maximum atomic E-state index is 12.8. The maximum Gasteiger partial charge on any atom is 0.244 e. The molecule has 2 aromatic carbocycles. The van der Waals surface area contributed by atoms with Crippen molar-refractivity contribution in [3.05, 3.63) is 71.3 Å². The third kappa shape index (κ3) is 6.21. The summed E-state index contributed by atoms with van der Waals surface area (Å²) in [4.78, 5) is 17.1. The summed E-state index contributed by atoms with van der Waals surface area (Å²) in [6.45, 7) is 5.04. The standard InChI is InChI=1S/C22H29N3O.2ClH/c1-17-8-10-19(11-9-17)21(23)22(26)24(2)20-12-14-25(15-13-20)16-18-6-4-3-5-7-18;;/h3-11,20-21H,12-16,23H2,1-2H3;2*1H. The number of piperidine rings is 1. The highest BCUT2D eigenvalue weighted by molar-refractivity contribution is 5.85. The Kier molecular flexibility index (Phi) is 9.97. The van der Waals surface area contributed by atoms with Gasteiger partial charge in [-0.1, -0.05) is 60.2 Å². The number of likely N-dealkylation sites (N-methyl/N-ethyl adjacent to an activating group) is 1. The van der Waals surface area contributed by atoms with Crippen molar-refractivity contribution >= 4 is 30.7 Å². The zero-order valence-corrected chi connectivity index (χ0v) is 18.2. The second-order valence-corrected chi connectivity index (χ2v) is 7.33. The average Bonchev–Trinajstić information content (AvgIpc) is 2.68. The summed E-state index contributed by atoms with van der Waals surface area (Å²) in [5, 5.41) is 0. The average molecular weight is 424 g/mol. The Labute approximate surface area is 180 Å². The number of nitrogens with two attached hydrogens (primary N) is 1. The van der Waals surface area contributed by atoms with E-state index >= 15 is 0 Å². The van der Waals surface area contributed by atoms with Crippen molar-refractivity contribution in [1.29, 1.82) is 0 Å². The molecule has 1 aliphatic rings. The monoisotopic (exact) mass is 423 g/mol. The number of rotatable bonds is 5. The van der Waals surface area contributed by atoms with E-state index in [1.165, 1.54) is 11.1 Å². The quantitative estimate of drug-likeness (QED) is 0.791. The lowest BCUT2D eigenvalue weighted by Gasteiger charge is -2.37. The van der Waals surface area contributed by atoms with Crippen molar-refractivity contribution in [1.82, 2.24) is 9.80 Å². The second kappa shape index (κ2) is 11.4. The molecule has 0 bridgehead atoms. The highest BCUT2D eigenvalue weighted by atomic mass is 35.5. The largest absolute Gasteiger partial charge is 0.341 e. The van der Waals surface area contributed by atoms with Crippen LogP contribution in [0.2, 0.25) is 0 Å². The third-order valence-corrected chi connectivity index (χ3v) is 5.40. The summed E-state index contributed by atoms with van der Waals surface area (Å²) in [7, 11) is 1.90. The molecular formula is C22H31Cl2N3O. The van der Waals surface area contributed by atoms with Gasteiger partial charge in [0.2, 0.25) is 5.91 Å². The van der Waals surface area contributed by atoms with Gasteiger partial charge in [-0.15, -0.1) is 24.8 Å². The number of nitrogens with zero attached hydrogens (tertiary/aromatic N) is 2. The lowest BCUT2D eigenvalue weighted by Crippen LogP contribution is -2.47. The summed E-state index contributed by atoms with van der Waals surface area (Å²) in [5.74, 6) is 0.00959. The van der Waals surface area contributed by atoms with Crippen LogP contribution in [-0.4, -0.2) is 41.9 Å². The van der Waals surface area contributed by atoms with Crippen LogP contribution in [0.15, 0.2) is 54.6 Å². The summed E-state index contributed by atoms with van der Waals surface area (Å²) < 4.78 is 0. The Hall–Kier alpha value is -1.59. The molecule has 28 heavy (non-hydrogen) atoms. The number of benzene rings is 2. The van der Waals surface area contributed by atoms with Crippen molar-refractivity contribution in [3.63, 3.8) is 0 Å². The molecule has 1 fully saturated rings. The van der Waals surface area contributed by atoms with Crippen LogP contribution in [-0.2, 0) is 11.3 Å². The van der Waals surface area contributed by atoms with E-state index < -0.39 is 6.04 Å². The van der Waals surface area contributed by atoms with E-state index in [-0.39, 0.29) is 36.8 Å². The van der Waals surface area contributed by atoms with Crippen LogP contribution in [0, 0.1) is 6.92 Å². The Morgan fingerprint density at radius 1 is 1.07 bits per heavy atom. The molecule has 2 N–H and O–H groups in total. The van der Waals surface area contributed by atoms with Crippen LogP contribution < -0.4 is 5.73 Å². The molecule has 4 nitrogen and oxygen atoms in total. The Bertz CT molecular complexity index is 716. The molecule has 0 saturated carbocycles. The highest BCUT2D eigenvalue weighted by Gasteiger charge is 2.28. The summed E-state index contributed by atoms with van der Waals surface area (Å²) in [6.07, 6.45) is 1.99. The van der Waals surface area contributed by atoms with Crippen LogP contribution in [0.1, 0.15) is 35.6 Å². The van der Waals surface area contributed by atoms with E-state index in [1.807, 2.05) is 49.2 Å². The first-order valence-corrected chi connectivity index (χ1v) is 9.39. The van der Waals surface area contributed by atoms with Gasteiger partial charge in [-0.05, 0) is 30.9 Å². The lowest BCUT2D eigenvalue weighted by molar-refractivity contribution is -0.134. The van der Waals surface area contributed by atoms with Crippen LogP contribution in [0.5, 0.6) is 0 Å². The Balaban J connectivity index is 0.00000196. The van der Waals surface area contributed by atoms with Gasteiger partial charge in [0, 0.05) is 32.7 Å². The van der Waals surface area contributed by atoms with Crippen molar-refractivity contribution in [2.45, 2.75) is 38.4 Å². The van der Waals surface area contributed by atoms with E-state index in [0.29, 0.717) is 0 Å². The van der Waals surface area contributed by atoms with E-state index in [2.05, 4.69) is 29.2 Å². The molecule has 1 saturated heterocycles. The first-order chi connectivity index (χ1) is 12.5. The highest BCUT2D eigenvalue weighted by Crippen LogP contribution is 2.21. The number of amides is 1. The van der Waals surface area contributed by atoms with Gasteiger partial charge in [-0.2, -0.15) is 0 Å². The van der Waals surface area contributed by atoms with Gasteiger partial charge in [0.25, 0.3) is 0 Å². The van der Waals surface area contributed by atoms with Gasteiger partial charge in [0.1, 0.15) is 6.04 Å². The Morgan fingerprint density at radius 2 is 1.64 bits per heavy atom. The SMILES string of the molecule is Cc1ccc(C(N)C(=O)N(C)C2CCN(Cc3ccccc3)CC2)cc1.Cl.Cl. The lowest BCUT2D eigenvalue weighted by atomic mass is 10.00. The summed E-state index contributed by atoms with van der Waals surface area (Å²) in [5.41, 5.74) is 9.63. The normalized spacial score (nSPS) is 15.8. The molecule has 0 radical (unpaired) electrons. The number of halogens is 2. The minimum atomic E-state index is -0.581. The van der Waals surface area contributed by atoms with Crippen LogP contribution >= 0.6 is 24.8 Å². The topological polar surface area (TPSA) is 49.6 Å². The molecule has 1 unspecified atom stereocenters. The van der Waals surface area contributed by atoms with Crippen LogP contribution in [0.25, 0.3) is 0 Å². The van der Waals surface area contributed by atoms with Gasteiger partial charge in [0.05, 0.1) is 0 Å². The second-order valence-electron chi connectivity index (χ2n) is 7.33. The minimum absolute atomic E-state index is 0. The van der Waals surface area contributed by atoms with Gasteiger partial charge in [-0.25, -0.2) is 0 Å². The summed E-state index contributed by atoms with van der Waals surface area (Å²) in [6, 6.07) is 18.2. The smallest absolute Gasteiger partial charge is 0.244 e. The molecule has 1 heterocycles. The Morgan fingerprint density at radius 3 is 2.21 bits per heavy atom. The molecule has 154 valence electrons. The fourth-order valence-corrected chi connectivity index (χ4v) is 3.62. The zero-order valence-electron chi connectivity index (χ0n) is 16.6. The summed E-state index contributed by atoms with van der Waals surface area (Å²) >= 11 is 0. The molecule has 3 rings (SSSR count). The van der Waals surface area contributed by atoms with Crippen molar-refractivity contribution < 1.29 is 4.79 Å². The predicted octanol–water partition coefficient (Wildman–Crippen LogP) is 3.96. The molecule has 1 atom stereocenters. The number of aryl methyl sites for hydroxylation is 1. The predicted molar refractivity (Wildman–Crippen MR) is 120 cm³/mol. The minimum Gasteiger partial charge on any atom is -0.341 e. The molecule has 2 aromatic rings. The van der Waals surface area contributed by atoms with E-state index in [1.54, 1.807) is 0 Å². The third-order valence-electron chi connectivity index (χ3n) is 5.40. The molecule has 0 spiro atoms. The molecule has 0 aromatic heterocycles. The molecular weight excluding hydrogens is 393 g/mol. The number of hydrogen-bond acceptors (Lipinski definition) is 3.